The highest BCUT2D eigenvalue weighted by Crippen LogP contribution is 2.28. The number of ketones is 1. The highest BCUT2D eigenvalue weighted by atomic mass is 16.5. The molecule has 0 radical (unpaired) electrons. The molecular weight excluding hydrogens is 376 g/mol. The third kappa shape index (κ3) is 7.47. The van der Waals surface area contributed by atoms with Crippen LogP contribution in [0.25, 0.3) is 0 Å². The molecule has 2 atom stereocenters. The number of carbonyl (C=O) groups excluding carboxylic acids is 1. The van der Waals surface area contributed by atoms with Gasteiger partial charge in [0.1, 0.15) is 30.5 Å². The van der Waals surface area contributed by atoms with E-state index in [1.807, 2.05) is 90.6 Å². The molecule has 5 heteroatoms. The summed E-state index contributed by atoms with van der Waals surface area (Å²) < 4.78 is 11.5. The van der Waals surface area contributed by atoms with Gasteiger partial charge in [-0.15, -0.1) is 0 Å². The Balaban J connectivity index is 1.93. The van der Waals surface area contributed by atoms with Crippen LogP contribution < -0.4 is 9.47 Å². The molecule has 0 aliphatic carbocycles. The Labute approximate surface area is 181 Å². The number of ether oxygens (including phenoxy) is 2. The molecule has 0 aliphatic rings. The molecule has 0 fully saturated rings. The Morgan fingerprint density at radius 3 is 1.33 bits per heavy atom. The van der Waals surface area contributed by atoms with Crippen molar-refractivity contribution >= 4 is 5.78 Å². The monoisotopic (exact) mass is 412 g/mol. The van der Waals surface area contributed by atoms with Crippen molar-refractivity contribution in [3.05, 3.63) is 59.7 Å². The van der Waals surface area contributed by atoms with Gasteiger partial charge >= 0.3 is 0 Å². The van der Waals surface area contributed by atoms with Crippen LogP contribution in [0.1, 0.15) is 36.8 Å². The molecule has 0 N–H and O–H groups in total. The number of Topliss-reactive ketones (excluding diaryl/α,β-unsaturated/α-hetero) is 1. The first-order valence-electron chi connectivity index (χ1n) is 10.6. The van der Waals surface area contributed by atoms with Crippen molar-refractivity contribution in [1.82, 2.24) is 9.80 Å². The molecule has 2 aromatic rings. The number of benzene rings is 2. The minimum atomic E-state index is -0.174. The van der Waals surface area contributed by atoms with Gasteiger partial charge in [-0.25, -0.2) is 0 Å². The van der Waals surface area contributed by atoms with Gasteiger partial charge in [0.05, 0.1) is 0 Å². The molecule has 0 saturated carbocycles. The first-order chi connectivity index (χ1) is 14.3. The number of carbonyl (C=O) groups is 1. The standard InChI is InChI=1S/C25H36N2O3/c1-19(21-7-11-23(12-8-21)29-17-15-26(3)4)25(28)20(2)22-9-13-24(14-10-22)30-18-16-27(5)6/h7-14,19-20H,15-18H2,1-6H3. The second kappa shape index (κ2) is 11.7. The summed E-state index contributed by atoms with van der Waals surface area (Å²) in [5.41, 5.74) is 2.02. The molecule has 0 bridgehead atoms. The average molecular weight is 413 g/mol. The van der Waals surface area contributed by atoms with E-state index < -0.39 is 0 Å². The molecule has 0 spiro atoms. The summed E-state index contributed by atoms with van der Waals surface area (Å²) in [5, 5.41) is 0. The normalized spacial score (nSPS) is 13.3. The molecule has 2 aromatic carbocycles. The smallest absolute Gasteiger partial charge is 0.147 e. The Morgan fingerprint density at radius 1 is 0.700 bits per heavy atom. The lowest BCUT2D eigenvalue weighted by Gasteiger charge is -2.18. The van der Waals surface area contributed by atoms with E-state index in [0.29, 0.717) is 13.2 Å². The fourth-order valence-electron chi connectivity index (χ4n) is 3.10. The molecule has 30 heavy (non-hydrogen) atoms. The number of hydrogen-bond acceptors (Lipinski definition) is 5. The van der Waals surface area contributed by atoms with Crippen LogP contribution in [0.5, 0.6) is 11.5 Å². The first kappa shape index (κ1) is 23.9. The lowest BCUT2D eigenvalue weighted by molar-refractivity contribution is -0.121. The summed E-state index contributed by atoms with van der Waals surface area (Å²) in [6.07, 6.45) is 0. The van der Waals surface area contributed by atoms with E-state index in [1.54, 1.807) is 0 Å². The van der Waals surface area contributed by atoms with Crippen molar-refractivity contribution in [1.29, 1.82) is 0 Å². The van der Waals surface area contributed by atoms with Crippen LogP contribution in [0, 0.1) is 0 Å². The minimum absolute atomic E-state index is 0.174. The minimum Gasteiger partial charge on any atom is -0.492 e. The predicted octanol–water partition coefficient (Wildman–Crippen LogP) is 4.04. The predicted molar refractivity (Wildman–Crippen MR) is 123 cm³/mol. The zero-order valence-electron chi connectivity index (χ0n) is 19.2. The van der Waals surface area contributed by atoms with E-state index >= 15 is 0 Å². The van der Waals surface area contributed by atoms with Gasteiger partial charge in [-0.2, -0.15) is 0 Å². The second-order valence-corrected chi connectivity index (χ2v) is 8.29. The van der Waals surface area contributed by atoms with Gasteiger partial charge in [-0.1, -0.05) is 38.1 Å². The Kier molecular flexibility index (Phi) is 9.34. The maximum absolute atomic E-state index is 13.0. The molecular formula is C25H36N2O3. The number of hydrogen-bond donors (Lipinski definition) is 0. The number of likely N-dealkylation sites (N-methyl/N-ethyl adjacent to an activating group) is 2. The molecule has 5 nitrogen and oxygen atoms in total. The van der Waals surface area contributed by atoms with Crippen LogP contribution >= 0.6 is 0 Å². The topological polar surface area (TPSA) is 42.0 Å². The molecule has 164 valence electrons. The lowest BCUT2D eigenvalue weighted by Crippen LogP contribution is -2.19. The molecule has 0 heterocycles. The van der Waals surface area contributed by atoms with E-state index in [4.69, 9.17) is 9.47 Å². The molecule has 0 amide bonds. The summed E-state index contributed by atoms with van der Waals surface area (Å²) in [5.74, 6) is 1.52. The van der Waals surface area contributed by atoms with E-state index in [2.05, 4.69) is 9.80 Å². The van der Waals surface area contributed by atoms with Crippen LogP contribution in [0.4, 0.5) is 0 Å². The van der Waals surface area contributed by atoms with Crippen molar-refractivity contribution < 1.29 is 14.3 Å². The third-order valence-corrected chi connectivity index (χ3v) is 5.23. The maximum atomic E-state index is 13.0. The molecule has 0 aromatic heterocycles. The van der Waals surface area contributed by atoms with Crippen LogP contribution in [-0.4, -0.2) is 70.1 Å². The number of rotatable bonds is 12. The summed E-state index contributed by atoms with van der Waals surface area (Å²) in [6.45, 7) is 6.97. The Bertz CT molecular complexity index is 704. The van der Waals surface area contributed by atoms with E-state index in [-0.39, 0.29) is 17.6 Å². The van der Waals surface area contributed by atoms with Crippen molar-refractivity contribution in [2.45, 2.75) is 25.7 Å². The summed E-state index contributed by atoms with van der Waals surface area (Å²) in [7, 11) is 8.08. The summed E-state index contributed by atoms with van der Waals surface area (Å²) >= 11 is 0. The number of nitrogens with zero attached hydrogens (tertiary/aromatic N) is 2. The van der Waals surface area contributed by atoms with E-state index in [0.717, 1.165) is 35.7 Å². The summed E-state index contributed by atoms with van der Waals surface area (Å²) in [6, 6.07) is 15.7. The molecule has 0 aliphatic heterocycles. The van der Waals surface area contributed by atoms with Gasteiger partial charge in [-0.05, 0) is 63.6 Å². The van der Waals surface area contributed by atoms with Crippen molar-refractivity contribution in [3.8, 4) is 11.5 Å². The van der Waals surface area contributed by atoms with Crippen molar-refractivity contribution in [2.75, 3.05) is 54.5 Å². The zero-order chi connectivity index (χ0) is 22.1. The molecule has 2 unspecified atom stereocenters. The van der Waals surface area contributed by atoms with Gasteiger partial charge in [0.2, 0.25) is 0 Å². The first-order valence-corrected chi connectivity index (χ1v) is 10.6. The fraction of sp³-hybridized carbons (Fsp3) is 0.480. The second-order valence-electron chi connectivity index (χ2n) is 8.29. The quantitative estimate of drug-likeness (QED) is 0.526. The fourth-order valence-corrected chi connectivity index (χ4v) is 3.10. The van der Waals surface area contributed by atoms with Crippen molar-refractivity contribution in [3.63, 3.8) is 0 Å². The van der Waals surface area contributed by atoms with Gasteiger partial charge in [-0.3, -0.25) is 4.79 Å². The highest BCUT2D eigenvalue weighted by molar-refractivity contribution is 5.91. The lowest BCUT2D eigenvalue weighted by atomic mass is 9.86. The Morgan fingerprint density at radius 2 is 1.03 bits per heavy atom. The van der Waals surface area contributed by atoms with Gasteiger partial charge in [0, 0.05) is 24.9 Å². The van der Waals surface area contributed by atoms with Crippen LogP contribution in [0.3, 0.4) is 0 Å². The largest absolute Gasteiger partial charge is 0.492 e. The van der Waals surface area contributed by atoms with Gasteiger partial charge in [0.25, 0.3) is 0 Å². The zero-order valence-corrected chi connectivity index (χ0v) is 19.2. The Hall–Kier alpha value is -2.37. The van der Waals surface area contributed by atoms with Gasteiger partial charge in [0.15, 0.2) is 0 Å². The summed E-state index contributed by atoms with van der Waals surface area (Å²) in [4.78, 5) is 17.2. The SMILES string of the molecule is CC(C(=O)C(C)c1ccc(OCCN(C)C)cc1)c1ccc(OCCN(C)C)cc1. The van der Waals surface area contributed by atoms with Gasteiger partial charge < -0.3 is 19.3 Å². The third-order valence-electron chi connectivity index (χ3n) is 5.23. The van der Waals surface area contributed by atoms with Crippen LogP contribution in [0.2, 0.25) is 0 Å². The van der Waals surface area contributed by atoms with E-state index in [1.165, 1.54) is 0 Å². The van der Waals surface area contributed by atoms with E-state index in [9.17, 15) is 4.79 Å². The molecule has 2 rings (SSSR count). The average Bonchev–Trinajstić information content (AvgIpc) is 2.72. The van der Waals surface area contributed by atoms with Crippen LogP contribution in [0.15, 0.2) is 48.5 Å². The van der Waals surface area contributed by atoms with Crippen molar-refractivity contribution in [2.24, 2.45) is 0 Å². The highest BCUT2D eigenvalue weighted by Gasteiger charge is 2.23. The van der Waals surface area contributed by atoms with Crippen LogP contribution in [-0.2, 0) is 4.79 Å². The molecule has 0 saturated heterocycles. The maximum Gasteiger partial charge on any atom is 0.147 e.